The van der Waals surface area contributed by atoms with Crippen LogP contribution in [0.15, 0.2) is 0 Å². The quantitative estimate of drug-likeness (QED) is 0.779. The molecule has 0 aromatic heterocycles. The van der Waals surface area contributed by atoms with Gasteiger partial charge in [0.05, 0.1) is 4.83 Å². The van der Waals surface area contributed by atoms with Gasteiger partial charge < -0.3 is 10.2 Å². The molecule has 86 valence electrons. The number of nitrogens with zero attached hydrogens (tertiary/aromatic N) is 1. The van der Waals surface area contributed by atoms with Crippen LogP contribution in [-0.2, 0) is 9.59 Å². The first-order valence-corrected chi connectivity index (χ1v) is 6.13. The molecule has 1 saturated heterocycles. The monoisotopic (exact) mass is 276 g/mol. The number of hydrogen-bond acceptors (Lipinski definition) is 2. The maximum atomic E-state index is 11.8. The minimum atomic E-state index is -0.0709. The van der Waals surface area contributed by atoms with E-state index in [0.29, 0.717) is 6.42 Å². The SMILES string of the molecule is CNC(=O)CC(C)N1CCCC(Br)C1=O. The zero-order valence-electron chi connectivity index (χ0n) is 9.12. The van der Waals surface area contributed by atoms with Crippen LogP contribution in [0.1, 0.15) is 26.2 Å². The smallest absolute Gasteiger partial charge is 0.236 e. The number of carbonyl (C=O) groups excluding carboxylic acids is 2. The van der Waals surface area contributed by atoms with Gasteiger partial charge in [-0.2, -0.15) is 0 Å². The van der Waals surface area contributed by atoms with Crippen LogP contribution in [0.4, 0.5) is 0 Å². The summed E-state index contributed by atoms with van der Waals surface area (Å²) in [6.07, 6.45) is 2.27. The summed E-state index contributed by atoms with van der Waals surface area (Å²) in [5, 5.41) is 2.57. The molecule has 0 aliphatic carbocycles. The number of piperidine rings is 1. The highest BCUT2D eigenvalue weighted by molar-refractivity contribution is 9.10. The van der Waals surface area contributed by atoms with E-state index < -0.39 is 0 Å². The molecule has 15 heavy (non-hydrogen) atoms. The Labute approximate surface area is 98.5 Å². The van der Waals surface area contributed by atoms with Gasteiger partial charge in [-0.25, -0.2) is 0 Å². The van der Waals surface area contributed by atoms with Crippen LogP contribution >= 0.6 is 15.9 Å². The van der Waals surface area contributed by atoms with E-state index in [-0.39, 0.29) is 22.7 Å². The number of halogens is 1. The Morgan fingerprint density at radius 3 is 3.00 bits per heavy atom. The van der Waals surface area contributed by atoms with E-state index in [9.17, 15) is 9.59 Å². The lowest BCUT2D eigenvalue weighted by atomic mass is 10.1. The largest absolute Gasteiger partial charge is 0.359 e. The van der Waals surface area contributed by atoms with Crippen molar-refractivity contribution in [2.24, 2.45) is 0 Å². The molecule has 1 aliphatic heterocycles. The molecule has 0 aromatic carbocycles. The van der Waals surface area contributed by atoms with Gasteiger partial charge >= 0.3 is 0 Å². The number of amides is 2. The van der Waals surface area contributed by atoms with Gasteiger partial charge in [-0.15, -0.1) is 0 Å². The average molecular weight is 277 g/mol. The van der Waals surface area contributed by atoms with Crippen LogP contribution in [0, 0.1) is 0 Å². The summed E-state index contributed by atoms with van der Waals surface area (Å²) in [7, 11) is 1.61. The van der Waals surface area contributed by atoms with Crippen molar-refractivity contribution in [2.45, 2.75) is 37.1 Å². The molecule has 2 amide bonds. The van der Waals surface area contributed by atoms with Gasteiger partial charge in [-0.05, 0) is 19.8 Å². The molecule has 2 unspecified atom stereocenters. The number of alkyl halides is 1. The molecule has 2 atom stereocenters. The normalized spacial score (nSPS) is 23.8. The van der Waals surface area contributed by atoms with Gasteiger partial charge in [-0.1, -0.05) is 15.9 Å². The van der Waals surface area contributed by atoms with Crippen molar-refractivity contribution in [1.29, 1.82) is 0 Å². The average Bonchev–Trinajstić information content (AvgIpc) is 2.21. The summed E-state index contributed by atoms with van der Waals surface area (Å²) in [4.78, 5) is 24.7. The molecule has 1 rings (SSSR count). The molecular formula is C10H17BrN2O2. The molecule has 1 heterocycles. The van der Waals surface area contributed by atoms with Gasteiger partial charge in [0, 0.05) is 26.1 Å². The first kappa shape index (κ1) is 12.5. The van der Waals surface area contributed by atoms with E-state index in [1.807, 2.05) is 6.92 Å². The second-order valence-electron chi connectivity index (χ2n) is 3.87. The van der Waals surface area contributed by atoms with Crippen LogP contribution in [-0.4, -0.2) is 41.2 Å². The predicted molar refractivity (Wildman–Crippen MR) is 61.8 cm³/mol. The first-order chi connectivity index (χ1) is 7.06. The minimum Gasteiger partial charge on any atom is -0.359 e. The van der Waals surface area contributed by atoms with E-state index >= 15 is 0 Å². The summed E-state index contributed by atoms with van der Waals surface area (Å²) in [5.74, 6) is 0.0876. The number of carbonyl (C=O) groups is 2. The fraction of sp³-hybridized carbons (Fsp3) is 0.800. The maximum absolute atomic E-state index is 11.8. The van der Waals surface area contributed by atoms with Crippen LogP contribution in [0.5, 0.6) is 0 Å². The lowest BCUT2D eigenvalue weighted by molar-refractivity contribution is -0.135. The summed E-state index contributed by atoms with van der Waals surface area (Å²) in [6, 6.07) is -0.0159. The Bertz CT molecular complexity index is 258. The fourth-order valence-electron chi connectivity index (χ4n) is 1.77. The van der Waals surface area contributed by atoms with Crippen molar-refractivity contribution in [2.75, 3.05) is 13.6 Å². The molecule has 0 saturated carbocycles. The molecule has 1 aliphatic rings. The van der Waals surface area contributed by atoms with E-state index in [1.54, 1.807) is 11.9 Å². The van der Waals surface area contributed by atoms with Crippen molar-refractivity contribution in [1.82, 2.24) is 10.2 Å². The molecule has 0 bridgehead atoms. The summed E-state index contributed by atoms with van der Waals surface area (Å²) < 4.78 is 0. The maximum Gasteiger partial charge on any atom is 0.236 e. The number of nitrogens with one attached hydrogen (secondary N) is 1. The van der Waals surface area contributed by atoms with Crippen molar-refractivity contribution < 1.29 is 9.59 Å². The Balaban J connectivity index is 2.54. The molecule has 0 spiro atoms. The number of rotatable bonds is 3. The van der Waals surface area contributed by atoms with Crippen LogP contribution in [0.2, 0.25) is 0 Å². The summed E-state index contributed by atoms with van der Waals surface area (Å²) >= 11 is 3.35. The Hall–Kier alpha value is -0.580. The van der Waals surface area contributed by atoms with Gasteiger partial charge in [0.2, 0.25) is 11.8 Å². The van der Waals surface area contributed by atoms with Crippen molar-refractivity contribution in [3.8, 4) is 0 Å². The third-order valence-electron chi connectivity index (χ3n) is 2.70. The Morgan fingerprint density at radius 2 is 2.40 bits per heavy atom. The van der Waals surface area contributed by atoms with Crippen LogP contribution in [0.3, 0.4) is 0 Å². The summed E-state index contributed by atoms with van der Waals surface area (Å²) in [6.45, 7) is 2.68. The standard InChI is InChI=1S/C10H17BrN2O2/c1-7(6-9(14)12-2)13-5-3-4-8(11)10(13)15/h7-8H,3-6H2,1-2H3,(H,12,14). The van der Waals surface area contributed by atoms with Crippen LogP contribution < -0.4 is 5.32 Å². The van der Waals surface area contributed by atoms with E-state index in [2.05, 4.69) is 21.2 Å². The molecule has 1 N–H and O–H groups in total. The van der Waals surface area contributed by atoms with E-state index in [4.69, 9.17) is 0 Å². The predicted octanol–water partition coefficient (Wildman–Crippen LogP) is 0.897. The lowest BCUT2D eigenvalue weighted by Crippen LogP contribution is -2.47. The van der Waals surface area contributed by atoms with Crippen LogP contribution in [0.25, 0.3) is 0 Å². The fourth-order valence-corrected chi connectivity index (χ4v) is 2.36. The molecule has 1 fully saturated rings. The zero-order valence-corrected chi connectivity index (χ0v) is 10.7. The molecule has 5 heteroatoms. The highest BCUT2D eigenvalue weighted by Gasteiger charge is 2.30. The van der Waals surface area contributed by atoms with Crippen molar-refractivity contribution in [3.05, 3.63) is 0 Å². The van der Waals surface area contributed by atoms with E-state index in [0.717, 1.165) is 19.4 Å². The van der Waals surface area contributed by atoms with Gasteiger partial charge in [0.1, 0.15) is 0 Å². The highest BCUT2D eigenvalue weighted by atomic mass is 79.9. The second-order valence-corrected chi connectivity index (χ2v) is 4.97. The zero-order chi connectivity index (χ0) is 11.4. The van der Waals surface area contributed by atoms with Gasteiger partial charge in [-0.3, -0.25) is 9.59 Å². The Morgan fingerprint density at radius 1 is 1.73 bits per heavy atom. The first-order valence-electron chi connectivity index (χ1n) is 5.21. The third-order valence-corrected chi connectivity index (χ3v) is 3.55. The highest BCUT2D eigenvalue weighted by Crippen LogP contribution is 2.21. The molecule has 0 aromatic rings. The lowest BCUT2D eigenvalue weighted by Gasteiger charge is -2.34. The van der Waals surface area contributed by atoms with Gasteiger partial charge in [0.25, 0.3) is 0 Å². The topological polar surface area (TPSA) is 49.4 Å². The third kappa shape index (κ3) is 3.19. The number of hydrogen-bond donors (Lipinski definition) is 1. The molecular weight excluding hydrogens is 260 g/mol. The summed E-state index contributed by atoms with van der Waals surface area (Å²) in [5.41, 5.74) is 0. The molecule has 4 nitrogen and oxygen atoms in total. The second kappa shape index (κ2) is 5.49. The van der Waals surface area contributed by atoms with Crippen molar-refractivity contribution in [3.63, 3.8) is 0 Å². The van der Waals surface area contributed by atoms with Crippen molar-refractivity contribution >= 4 is 27.7 Å². The van der Waals surface area contributed by atoms with E-state index in [1.165, 1.54) is 0 Å². The minimum absolute atomic E-state index is 0.0159. The number of likely N-dealkylation sites (tertiary alicyclic amines) is 1. The Kier molecular flexibility index (Phi) is 4.57. The molecule has 0 radical (unpaired) electrons. The van der Waals surface area contributed by atoms with Gasteiger partial charge in [0.15, 0.2) is 0 Å².